The summed E-state index contributed by atoms with van der Waals surface area (Å²) < 4.78 is 0. The zero-order chi connectivity index (χ0) is 14.3. The van der Waals surface area contributed by atoms with E-state index >= 15 is 0 Å². The monoisotopic (exact) mass is 270 g/mol. The van der Waals surface area contributed by atoms with E-state index in [1.165, 1.54) is 32.1 Å². The second kappa shape index (κ2) is 13.6. The Kier molecular flexibility index (Phi) is 13.0. The van der Waals surface area contributed by atoms with Crippen LogP contribution in [0.2, 0.25) is 0 Å². The Labute approximate surface area is 117 Å². The first-order valence-corrected chi connectivity index (χ1v) is 7.71. The average molecular weight is 270 g/mol. The normalized spacial score (nSPS) is 12.9. The highest BCUT2D eigenvalue weighted by Gasteiger charge is 2.08. The van der Waals surface area contributed by atoms with E-state index < -0.39 is 12.1 Å². The highest BCUT2D eigenvalue weighted by molar-refractivity contribution is 5.67. The van der Waals surface area contributed by atoms with Crippen LogP contribution < -0.4 is 0 Å². The van der Waals surface area contributed by atoms with Crippen molar-refractivity contribution in [1.82, 2.24) is 0 Å². The number of hydrogen-bond acceptors (Lipinski definition) is 2. The van der Waals surface area contributed by atoms with Crippen molar-refractivity contribution in [3.05, 3.63) is 12.2 Å². The van der Waals surface area contributed by atoms with Crippen LogP contribution in [0, 0.1) is 0 Å². The van der Waals surface area contributed by atoms with Crippen molar-refractivity contribution in [2.75, 3.05) is 0 Å². The summed E-state index contributed by atoms with van der Waals surface area (Å²) in [6.45, 7) is 2.23. The first-order chi connectivity index (χ1) is 9.16. The number of aliphatic carboxylic acids is 1. The fourth-order valence-corrected chi connectivity index (χ4v) is 2.05. The molecule has 0 saturated carbocycles. The number of aliphatic hydroxyl groups excluding tert-OH is 1. The highest BCUT2D eigenvalue weighted by atomic mass is 16.4. The quantitative estimate of drug-likeness (QED) is 0.387. The summed E-state index contributed by atoms with van der Waals surface area (Å²) in [5.41, 5.74) is 0. The molecule has 0 heterocycles. The van der Waals surface area contributed by atoms with Gasteiger partial charge < -0.3 is 10.2 Å². The molecule has 0 bridgehead atoms. The molecule has 0 amide bonds. The summed E-state index contributed by atoms with van der Waals surface area (Å²) in [5.74, 6) is -0.918. The molecule has 0 aromatic rings. The zero-order valence-corrected chi connectivity index (χ0v) is 12.3. The number of hydrogen-bond donors (Lipinski definition) is 2. The molecule has 112 valence electrons. The van der Waals surface area contributed by atoms with E-state index in [4.69, 9.17) is 5.11 Å². The predicted molar refractivity (Wildman–Crippen MR) is 79.2 cm³/mol. The Balaban J connectivity index is 3.21. The Hall–Kier alpha value is -0.830. The minimum Gasteiger partial charge on any atom is -0.481 e. The fourth-order valence-electron chi connectivity index (χ4n) is 2.05. The average Bonchev–Trinajstić information content (AvgIpc) is 2.35. The molecule has 3 nitrogen and oxygen atoms in total. The van der Waals surface area contributed by atoms with Gasteiger partial charge in [-0.3, -0.25) is 4.79 Å². The maximum absolute atomic E-state index is 10.3. The lowest BCUT2D eigenvalue weighted by atomic mass is 10.1. The van der Waals surface area contributed by atoms with Gasteiger partial charge >= 0.3 is 5.97 Å². The van der Waals surface area contributed by atoms with Gasteiger partial charge in [0.05, 0.1) is 12.5 Å². The van der Waals surface area contributed by atoms with Crippen LogP contribution in [-0.2, 0) is 4.79 Å². The summed E-state index contributed by atoms with van der Waals surface area (Å²) in [7, 11) is 0. The maximum Gasteiger partial charge on any atom is 0.305 e. The van der Waals surface area contributed by atoms with Gasteiger partial charge in [-0.15, -0.1) is 0 Å². The molecule has 0 aliphatic carbocycles. The third kappa shape index (κ3) is 15.1. The molecular weight excluding hydrogens is 240 g/mol. The number of allylic oxidation sites excluding steroid dienone is 2. The lowest BCUT2D eigenvalue weighted by Crippen LogP contribution is -2.12. The summed E-state index contributed by atoms with van der Waals surface area (Å²) >= 11 is 0. The van der Waals surface area contributed by atoms with Gasteiger partial charge in [-0.05, 0) is 32.1 Å². The van der Waals surface area contributed by atoms with Gasteiger partial charge in [-0.25, -0.2) is 0 Å². The third-order valence-corrected chi connectivity index (χ3v) is 3.21. The van der Waals surface area contributed by atoms with Crippen molar-refractivity contribution in [3.63, 3.8) is 0 Å². The standard InChI is InChI=1S/C16H30O3/c1-2-3-4-5-6-7-8-9-10-11-12-13-15(17)14-16(18)19/h7-8,15,17H,2-6,9-14H2,1H3,(H,18,19). The minimum absolute atomic E-state index is 0.127. The van der Waals surface area contributed by atoms with Gasteiger partial charge in [0.2, 0.25) is 0 Å². The molecule has 1 atom stereocenters. The predicted octanol–water partition coefficient (Wildman–Crippen LogP) is 4.30. The second-order valence-corrected chi connectivity index (χ2v) is 5.21. The molecule has 0 spiro atoms. The van der Waals surface area contributed by atoms with Crippen LogP contribution in [-0.4, -0.2) is 22.3 Å². The van der Waals surface area contributed by atoms with Gasteiger partial charge in [-0.2, -0.15) is 0 Å². The number of unbranched alkanes of at least 4 members (excludes halogenated alkanes) is 7. The Morgan fingerprint density at radius 2 is 1.58 bits per heavy atom. The van der Waals surface area contributed by atoms with Crippen molar-refractivity contribution in [1.29, 1.82) is 0 Å². The Morgan fingerprint density at radius 1 is 1.00 bits per heavy atom. The van der Waals surface area contributed by atoms with Crippen LogP contribution in [0.4, 0.5) is 0 Å². The molecule has 1 unspecified atom stereocenters. The molecule has 0 aromatic carbocycles. The topological polar surface area (TPSA) is 57.5 Å². The number of carboxylic acids is 1. The zero-order valence-electron chi connectivity index (χ0n) is 12.3. The van der Waals surface area contributed by atoms with Gasteiger partial charge in [0, 0.05) is 0 Å². The fraction of sp³-hybridized carbons (Fsp3) is 0.812. The summed E-state index contributed by atoms with van der Waals surface area (Å²) in [5, 5.41) is 17.9. The minimum atomic E-state index is -0.918. The van der Waals surface area contributed by atoms with Crippen molar-refractivity contribution >= 4 is 5.97 Å². The number of carboxylic acid groups (broad SMARTS) is 1. The molecule has 0 radical (unpaired) electrons. The van der Waals surface area contributed by atoms with E-state index in [0.717, 1.165) is 25.7 Å². The van der Waals surface area contributed by atoms with Crippen LogP contribution in [0.25, 0.3) is 0 Å². The van der Waals surface area contributed by atoms with E-state index in [2.05, 4.69) is 19.1 Å². The van der Waals surface area contributed by atoms with Crippen molar-refractivity contribution in [3.8, 4) is 0 Å². The largest absolute Gasteiger partial charge is 0.481 e. The molecule has 0 fully saturated rings. The first kappa shape index (κ1) is 18.2. The third-order valence-electron chi connectivity index (χ3n) is 3.21. The molecule has 0 rings (SSSR count). The van der Waals surface area contributed by atoms with Crippen molar-refractivity contribution in [2.24, 2.45) is 0 Å². The number of carbonyl (C=O) groups is 1. The van der Waals surface area contributed by atoms with Gasteiger partial charge in [0.15, 0.2) is 0 Å². The first-order valence-electron chi connectivity index (χ1n) is 7.71. The Bertz CT molecular complexity index is 236. The van der Waals surface area contributed by atoms with Gasteiger partial charge in [-0.1, -0.05) is 51.2 Å². The number of aliphatic hydroxyl groups is 1. The van der Waals surface area contributed by atoms with E-state index in [1.807, 2.05) is 0 Å². The molecule has 2 N–H and O–H groups in total. The summed E-state index contributed by atoms with van der Waals surface area (Å²) in [6.07, 6.45) is 15.0. The molecular formula is C16H30O3. The lowest BCUT2D eigenvalue weighted by Gasteiger charge is -2.06. The second-order valence-electron chi connectivity index (χ2n) is 5.21. The van der Waals surface area contributed by atoms with Crippen LogP contribution in [0.15, 0.2) is 12.2 Å². The molecule has 3 heteroatoms. The van der Waals surface area contributed by atoms with Gasteiger partial charge in [0.1, 0.15) is 0 Å². The molecule has 19 heavy (non-hydrogen) atoms. The van der Waals surface area contributed by atoms with Crippen LogP contribution in [0.1, 0.15) is 77.6 Å². The molecule has 0 saturated heterocycles. The van der Waals surface area contributed by atoms with Crippen LogP contribution >= 0.6 is 0 Å². The maximum atomic E-state index is 10.3. The summed E-state index contributed by atoms with van der Waals surface area (Å²) in [6, 6.07) is 0. The molecule has 0 aliphatic heterocycles. The van der Waals surface area contributed by atoms with Crippen molar-refractivity contribution in [2.45, 2.75) is 83.7 Å². The van der Waals surface area contributed by atoms with Gasteiger partial charge in [0.25, 0.3) is 0 Å². The lowest BCUT2D eigenvalue weighted by molar-refractivity contribution is -0.139. The summed E-state index contributed by atoms with van der Waals surface area (Å²) in [4.78, 5) is 10.3. The Morgan fingerprint density at radius 3 is 2.11 bits per heavy atom. The number of rotatable bonds is 13. The van der Waals surface area contributed by atoms with Crippen LogP contribution in [0.5, 0.6) is 0 Å². The van der Waals surface area contributed by atoms with Crippen LogP contribution in [0.3, 0.4) is 0 Å². The van der Waals surface area contributed by atoms with E-state index in [0.29, 0.717) is 6.42 Å². The smallest absolute Gasteiger partial charge is 0.305 e. The van der Waals surface area contributed by atoms with Crippen molar-refractivity contribution < 1.29 is 15.0 Å². The highest BCUT2D eigenvalue weighted by Crippen LogP contribution is 2.09. The molecule has 0 aliphatic rings. The molecule has 0 aromatic heterocycles. The van der Waals surface area contributed by atoms with E-state index in [1.54, 1.807) is 0 Å². The SMILES string of the molecule is CCCCCCC=CCCCCCC(O)CC(=O)O. The van der Waals surface area contributed by atoms with E-state index in [-0.39, 0.29) is 6.42 Å². The van der Waals surface area contributed by atoms with E-state index in [9.17, 15) is 9.90 Å².